The first kappa shape index (κ1) is 56.1. The zero-order valence-corrected chi connectivity index (χ0v) is 39.1. The SMILES string of the molecule is CCC/C=C\C/C=C\CCCCCCCC(=O)OCC(COCCCCCCCCCC/C=C\CCCCCCCC)OC(=O)CCCCCCCCCCCCC. The molecule has 58 heavy (non-hydrogen) atoms. The standard InChI is InChI=1S/C53H98O5/c1-4-7-10-13-16-19-22-24-25-26-27-28-30-33-36-39-42-45-48-56-49-51(58-53(55)47-44-41-38-35-31-21-18-15-12-9-6-3)50-57-52(54)46-43-40-37-34-32-29-23-20-17-14-11-8-5-2/h11,14,20,23-25,51H,4-10,12-13,15-19,21-22,26-50H2,1-3H3/b14-11-,23-20-,25-24-. The van der Waals surface area contributed by atoms with Crippen LogP contribution in [0.2, 0.25) is 0 Å². The summed E-state index contributed by atoms with van der Waals surface area (Å²) < 4.78 is 17.4. The molecule has 0 aromatic heterocycles. The van der Waals surface area contributed by atoms with Gasteiger partial charge < -0.3 is 14.2 Å². The fourth-order valence-corrected chi connectivity index (χ4v) is 7.31. The van der Waals surface area contributed by atoms with E-state index in [1.807, 2.05) is 0 Å². The topological polar surface area (TPSA) is 61.8 Å². The molecule has 0 aliphatic heterocycles. The van der Waals surface area contributed by atoms with Crippen molar-refractivity contribution in [1.82, 2.24) is 0 Å². The molecule has 0 fully saturated rings. The molecule has 0 N–H and O–H groups in total. The summed E-state index contributed by atoms with van der Waals surface area (Å²) >= 11 is 0. The van der Waals surface area contributed by atoms with Crippen molar-refractivity contribution in [2.45, 2.75) is 271 Å². The van der Waals surface area contributed by atoms with E-state index in [2.05, 4.69) is 57.2 Å². The van der Waals surface area contributed by atoms with Crippen LogP contribution in [0.1, 0.15) is 265 Å². The highest BCUT2D eigenvalue weighted by Crippen LogP contribution is 2.15. The zero-order chi connectivity index (χ0) is 42.1. The lowest BCUT2D eigenvalue weighted by molar-refractivity contribution is -0.163. The maximum Gasteiger partial charge on any atom is 0.306 e. The van der Waals surface area contributed by atoms with Crippen LogP contribution < -0.4 is 0 Å². The summed E-state index contributed by atoms with van der Waals surface area (Å²) in [6.45, 7) is 7.77. The van der Waals surface area contributed by atoms with Crippen molar-refractivity contribution in [3.05, 3.63) is 36.5 Å². The summed E-state index contributed by atoms with van der Waals surface area (Å²) in [5.74, 6) is -0.405. The van der Waals surface area contributed by atoms with Crippen molar-refractivity contribution < 1.29 is 23.8 Å². The summed E-state index contributed by atoms with van der Waals surface area (Å²) in [5, 5.41) is 0. The van der Waals surface area contributed by atoms with Gasteiger partial charge in [0.05, 0.1) is 6.61 Å². The second-order valence-corrected chi connectivity index (χ2v) is 17.1. The maximum atomic E-state index is 12.7. The van der Waals surface area contributed by atoms with Gasteiger partial charge in [0.15, 0.2) is 6.10 Å². The Morgan fingerprint density at radius 3 is 1.22 bits per heavy atom. The van der Waals surface area contributed by atoms with E-state index >= 15 is 0 Å². The van der Waals surface area contributed by atoms with Gasteiger partial charge in [0.1, 0.15) is 6.61 Å². The van der Waals surface area contributed by atoms with E-state index in [1.54, 1.807) is 0 Å². The molecule has 1 atom stereocenters. The number of allylic oxidation sites excluding steroid dienone is 6. The van der Waals surface area contributed by atoms with Crippen LogP contribution in [0.4, 0.5) is 0 Å². The molecule has 340 valence electrons. The maximum absolute atomic E-state index is 12.7. The predicted molar refractivity (Wildman–Crippen MR) is 252 cm³/mol. The van der Waals surface area contributed by atoms with Gasteiger partial charge in [0.25, 0.3) is 0 Å². The monoisotopic (exact) mass is 815 g/mol. The Morgan fingerprint density at radius 1 is 0.379 bits per heavy atom. The second-order valence-electron chi connectivity index (χ2n) is 17.1. The average Bonchev–Trinajstić information content (AvgIpc) is 3.22. The quantitative estimate of drug-likeness (QED) is 0.0348. The number of ether oxygens (including phenoxy) is 3. The molecule has 0 heterocycles. The van der Waals surface area contributed by atoms with Gasteiger partial charge >= 0.3 is 11.9 Å². The third-order valence-electron chi connectivity index (χ3n) is 11.1. The number of hydrogen-bond acceptors (Lipinski definition) is 5. The van der Waals surface area contributed by atoms with E-state index in [4.69, 9.17) is 14.2 Å². The molecule has 0 aromatic carbocycles. The molecule has 0 amide bonds. The number of esters is 2. The van der Waals surface area contributed by atoms with E-state index in [1.165, 1.54) is 173 Å². The van der Waals surface area contributed by atoms with E-state index in [-0.39, 0.29) is 25.2 Å². The van der Waals surface area contributed by atoms with Crippen LogP contribution in [-0.2, 0) is 23.8 Å². The Bertz CT molecular complexity index is 924. The van der Waals surface area contributed by atoms with Crippen LogP contribution in [0.3, 0.4) is 0 Å². The smallest absolute Gasteiger partial charge is 0.306 e. The van der Waals surface area contributed by atoms with Crippen LogP contribution in [-0.4, -0.2) is 37.9 Å². The van der Waals surface area contributed by atoms with Crippen LogP contribution in [0, 0.1) is 0 Å². The summed E-state index contributed by atoms with van der Waals surface area (Å²) in [5.41, 5.74) is 0. The lowest BCUT2D eigenvalue weighted by Gasteiger charge is -2.18. The van der Waals surface area contributed by atoms with Gasteiger partial charge in [0, 0.05) is 19.4 Å². The van der Waals surface area contributed by atoms with Crippen LogP contribution in [0.25, 0.3) is 0 Å². The van der Waals surface area contributed by atoms with Gasteiger partial charge in [-0.05, 0) is 70.6 Å². The normalized spacial score (nSPS) is 12.4. The highest BCUT2D eigenvalue weighted by atomic mass is 16.6. The molecule has 0 spiro atoms. The Kier molecular flexibility index (Phi) is 47.9. The van der Waals surface area contributed by atoms with Crippen LogP contribution in [0.5, 0.6) is 0 Å². The van der Waals surface area contributed by atoms with E-state index in [9.17, 15) is 9.59 Å². The van der Waals surface area contributed by atoms with Gasteiger partial charge in [-0.2, -0.15) is 0 Å². The molecule has 0 aliphatic rings. The Hall–Kier alpha value is -1.88. The molecular formula is C53H98O5. The molecule has 5 nitrogen and oxygen atoms in total. The Morgan fingerprint density at radius 2 is 0.759 bits per heavy atom. The van der Waals surface area contributed by atoms with Gasteiger partial charge in [-0.3, -0.25) is 9.59 Å². The molecule has 5 heteroatoms. The lowest BCUT2D eigenvalue weighted by atomic mass is 10.1. The van der Waals surface area contributed by atoms with E-state index < -0.39 is 6.10 Å². The van der Waals surface area contributed by atoms with Gasteiger partial charge in [-0.25, -0.2) is 0 Å². The minimum atomic E-state index is -0.537. The highest BCUT2D eigenvalue weighted by molar-refractivity contribution is 5.70. The van der Waals surface area contributed by atoms with Crippen molar-refractivity contribution in [3.63, 3.8) is 0 Å². The summed E-state index contributed by atoms with van der Waals surface area (Å²) in [6, 6.07) is 0. The van der Waals surface area contributed by atoms with Gasteiger partial charge in [0.2, 0.25) is 0 Å². The number of unbranched alkanes of at least 4 members (excludes halogenated alkanes) is 30. The highest BCUT2D eigenvalue weighted by Gasteiger charge is 2.17. The number of carbonyl (C=O) groups is 2. The number of carbonyl (C=O) groups excluding carboxylic acids is 2. The predicted octanol–water partition coefficient (Wildman–Crippen LogP) is 17.0. The second kappa shape index (κ2) is 49.5. The minimum Gasteiger partial charge on any atom is -0.462 e. The molecular weight excluding hydrogens is 717 g/mol. The van der Waals surface area contributed by atoms with Gasteiger partial charge in [-0.15, -0.1) is 0 Å². The first-order chi connectivity index (χ1) is 28.6. The largest absolute Gasteiger partial charge is 0.462 e. The van der Waals surface area contributed by atoms with Crippen molar-refractivity contribution in [3.8, 4) is 0 Å². The molecule has 0 bridgehead atoms. The first-order valence-corrected chi connectivity index (χ1v) is 25.5. The molecule has 1 unspecified atom stereocenters. The van der Waals surface area contributed by atoms with Gasteiger partial charge in [-0.1, -0.05) is 218 Å². The molecule has 0 aliphatic carbocycles. The van der Waals surface area contributed by atoms with Crippen molar-refractivity contribution >= 4 is 11.9 Å². The summed E-state index contributed by atoms with van der Waals surface area (Å²) in [6.07, 6.45) is 58.6. The van der Waals surface area contributed by atoms with Crippen molar-refractivity contribution in [2.24, 2.45) is 0 Å². The molecule has 0 saturated heterocycles. The third kappa shape index (κ3) is 46.8. The van der Waals surface area contributed by atoms with Crippen molar-refractivity contribution in [1.29, 1.82) is 0 Å². The van der Waals surface area contributed by atoms with E-state index in [0.29, 0.717) is 19.4 Å². The molecule has 0 radical (unpaired) electrons. The summed E-state index contributed by atoms with van der Waals surface area (Å²) in [4.78, 5) is 25.3. The van der Waals surface area contributed by atoms with Crippen LogP contribution in [0.15, 0.2) is 36.5 Å². The fraction of sp³-hybridized carbons (Fsp3) is 0.849. The third-order valence-corrected chi connectivity index (χ3v) is 11.1. The Labute approximate surface area is 361 Å². The zero-order valence-electron chi connectivity index (χ0n) is 39.1. The molecule has 0 rings (SSSR count). The Balaban J connectivity index is 4.21. The molecule has 0 saturated carbocycles. The number of rotatable bonds is 47. The minimum absolute atomic E-state index is 0.0811. The fourth-order valence-electron chi connectivity index (χ4n) is 7.31. The number of hydrogen-bond donors (Lipinski definition) is 0. The van der Waals surface area contributed by atoms with E-state index in [0.717, 1.165) is 57.8 Å². The van der Waals surface area contributed by atoms with Crippen LogP contribution >= 0.6 is 0 Å². The average molecular weight is 815 g/mol. The summed E-state index contributed by atoms with van der Waals surface area (Å²) in [7, 11) is 0. The first-order valence-electron chi connectivity index (χ1n) is 25.5. The lowest BCUT2D eigenvalue weighted by Crippen LogP contribution is -2.30. The molecule has 0 aromatic rings. The van der Waals surface area contributed by atoms with Crippen molar-refractivity contribution in [2.75, 3.05) is 19.8 Å².